The van der Waals surface area contributed by atoms with Crippen molar-refractivity contribution in [2.45, 2.75) is 56.4 Å². The van der Waals surface area contributed by atoms with Crippen LogP contribution in [0.2, 0.25) is 12.1 Å². The van der Waals surface area contributed by atoms with Crippen LogP contribution in [0.4, 0.5) is 0 Å². The van der Waals surface area contributed by atoms with Gasteiger partial charge in [-0.2, -0.15) is 0 Å². The number of nitrogens with one attached hydrogen (secondary N) is 1. The summed E-state index contributed by atoms with van der Waals surface area (Å²) in [5, 5.41) is 23.3. The predicted octanol–water partition coefficient (Wildman–Crippen LogP) is 1.04. The minimum Gasteiger partial charge on any atom is -0.391 e. The zero-order chi connectivity index (χ0) is 25.7. The summed E-state index contributed by atoms with van der Waals surface area (Å²) in [5.74, 6) is 0. The average molecular weight is 532 g/mol. The van der Waals surface area contributed by atoms with E-state index >= 15 is 0 Å². The van der Waals surface area contributed by atoms with Crippen molar-refractivity contribution >= 4 is 17.6 Å². The molecular formula is C21H49NO10Si2. The molecule has 0 spiro atoms. The van der Waals surface area contributed by atoms with Crippen LogP contribution < -0.4 is 5.32 Å². The Morgan fingerprint density at radius 2 is 1.06 bits per heavy atom. The molecule has 0 aromatic rings. The first-order valence-corrected chi connectivity index (χ1v) is 15.8. The summed E-state index contributed by atoms with van der Waals surface area (Å²) in [7, 11) is 4.44. The van der Waals surface area contributed by atoms with Crippen LogP contribution in [0.25, 0.3) is 0 Å². The van der Waals surface area contributed by atoms with E-state index in [1.54, 1.807) is 42.7 Å². The lowest BCUT2D eigenvalue weighted by molar-refractivity contribution is 0.0292. The minimum atomic E-state index is -2.55. The topological polar surface area (TPSA) is 126 Å². The molecule has 0 aromatic carbocycles. The number of hydrogen-bond acceptors (Lipinski definition) is 11. The van der Waals surface area contributed by atoms with Crippen molar-refractivity contribution in [1.82, 2.24) is 5.32 Å². The Labute approximate surface area is 208 Å². The largest absolute Gasteiger partial charge is 0.500 e. The van der Waals surface area contributed by atoms with Crippen LogP contribution in [0, 0.1) is 0 Å². The molecule has 0 saturated heterocycles. The lowest BCUT2D eigenvalue weighted by atomic mass is 10.1. The van der Waals surface area contributed by atoms with Crippen LogP contribution in [0.5, 0.6) is 0 Å². The van der Waals surface area contributed by atoms with Gasteiger partial charge in [-0.1, -0.05) is 0 Å². The second-order valence-electron chi connectivity index (χ2n) is 7.96. The normalized spacial score (nSPS) is 14.5. The van der Waals surface area contributed by atoms with Crippen molar-refractivity contribution in [2.75, 3.05) is 82.2 Å². The average Bonchev–Trinajstić information content (AvgIpc) is 2.86. The zero-order valence-corrected chi connectivity index (χ0v) is 24.0. The molecule has 3 N–H and O–H groups in total. The fourth-order valence-corrected chi connectivity index (χ4v) is 6.75. The van der Waals surface area contributed by atoms with Crippen LogP contribution in [0.1, 0.15) is 32.1 Å². The summed E-state index contributed by atoms with van der Waals surface area (Å²) >= 11 is 0. The van der Waals surface area contributed by atoms with Crippen LogP contribution in [0.3, 0.4) is 0 Å². The second-order valence-corrected chi connectivity index (χ2v) is 14.1. The van der Waals surface area contributed by atoms with Crippen LogP contribution >= 0.6 is 0 Å². The Morgan fingerprint density at radius 3 is 1.50 bits per heavy atom. The molecule has 0 aliphatic carbocycles. The van der Waals surface area contributed by atoms with E-state index < -0.39 is 29.8 Å². The first-order valence-electron chi connectivity index (χ1n) is 11.9. The van der Waals surface area contributed by atoms with Crippen molar-refractivity contribution in [1.29, 1.82) is 0 Å². The maximum Gasteiger partial charge on any atom is 0.500 e. The Balaban J connectivity index is 3.62. The molecule has 11 nitrogen and oxygen atoms in total. The maximum absolute atomic E-state index is 10.0. The standard InChI is InChI=1S/C21H49NO10Si2/c1-25-33(26-2,27-3)15-9-13-31-18-20(23)11-7-8-12-22-17-21(24)19-32-14-10-16-34(28-4,29-5)30-6/h20-24H,7-19H2,1-6H3. The number of ether oxygens (including phenoxy) is 2. The molecule has 0 aromatic heterocycles. The van der Waals surface area contributed by atoms with Gasteiger partial charge < -0.3 is 51.6 Å². The molecule has 13 heteroatoms. The fraction of sp³-hybridized carbons (Fsp3) is 1.00. The van der Waals surface area contributed by atoms with Gasteiger partial charge in [0.05, 0.1) is 25.4 Å². The molecule has 2 atom stereocenters. The second kappa shape index (κ2) is 21.1. The van der Waals surface area contributed by atoms with Gasteiger partial charge in [-0.15, -0.1) is 0 Å². The molecule has 0 radical (unpaired) electrons. The van der Waals surface area contributed by atoms with Gasteiger partial charge >= 0.3 is 17.6 Å². The third kappa shape index (κ3) is 15.2. The third-order valence-corrected chi connectivity index (χ3v) is 11.2. The Kier molecular flexibility index (Phi) is 21.1. The van der Waals surface area contributed by atoms with Gasteiger partial charge in [0.2, 0.25) is 0 Å². The Morgan fingerprint density at radius 1 is 0.618 bits per heavy atom. The SMILES string of the molecule is CO[Si](CCCOCC(O)CCCCNCC(O)COCCC[Si](OC)(OC)OC)(OC)OC. The number of rotatable bonds is 25. The summed E-state index contributed by atoms with van der Waals surface area (Å²) in [6.45, 7) is 2.86. The highest BCUT2D eigenvalue weighted by Gasteiger charge is 2.37. The van der Waals surface area contributed by atoms with E-state index in [1.807, 2.05) is 0 Å². The summed E-state index contributed by atoms with van der Waals surface area (Å²) in [6.07, 6.45) is 2.90. The molecule has 0 fully saturated rings. The molecule has 0 bridgehead atoms. The van der Waals surface area contributed by atoms with Crippen molar-refractivity contribution < 1.29 is 46.2 Å². The maximum atomic E-state index is 10.0. The molecule has 34 heavy (non-hydrogen) atoms. The highest BCUT2D eigenvalue weighted by Crippen LogP contribution is 2.15. The molecule has 206 valence electrons. The summed E-state index contributed by atoms with van der Waals surface area (Å²) in [4.78, 5) is 0. The zero-order valence-electron chi connectivity index (χ0n) is 22.0. The van der Waals surface area contributed by atoms with E-state index in [9.17, 15) is 10.2 Å². The van der Waals surface area contributed by atoms with E-state index in [0.717, 1.165) is 32.2 Å². The van der Waals surface area contributed by atoms with Crippen LogP contribution in [0.15, 0.2) is 0 Å². The number of aliphatic hydroxyl groups is 2. The van der Waals surface area contributed by atoms with Gasteiger partial charge in [0.25, 0.3) is 0 Å². The van der Waals surface area contributed by atoms with Gasteiger partial charge in [0.1, 0.15) is 0 Å². The minimum absolute atomic E-state index is 0.271. The van der Waals surface area contributed by atoms with Crippen molar-refractivity contribution in [3.05, 3.63) is 0 Å². The van der Waals surface area contributed by atoms with E-state index in [4.69, 9.17) is 36.0 Å². The molecular weight excluding hydrogens is 482 g/mol. The van der Waals surface area contributed by atoms with Crippen LogP contribution in [-0.2, 0) is 36.0 Å². The molecule has 0 aliphatic heterocycles. The summed E-state index contributed by atoms with van der Waals surface area (Å²) < 4.78 is 43.3. The van der Waals surface area contributed by atoms with E-state index in [2.05, 4.69) is 5.32 Å². The van der Waals surface area contributed by atoms with E-state index in [0.29, 0.717) is 44.9 Å². The summed E-state index contributed by atoms with van der Waals surface area (Å²) in [5.41, 5.74) is 0. The molecule has 0 heterocycles. The lowest BCUT2D eigenvalue weighted by Gasteiger charge is -2.24. The number of hydrogen-bond donors (Lipinski definition) is 3. The third-order valence-electron chi connectivity index (χ3n) is 5.55. The molecule has 0 saturated carbocycles. The van der Waals surface area contributed by atoms with Crippen molar-refractivity contribution in [3.63, 3.8) is 0 Å². The first kappa shape index (κ1) is 34.0. The van der Waals surface area contributed by atoms with Gasteiger partial charge in [0.15, 0.2) is 0 Å². The first-order chi connectivity index (χ1) is 16.4. The molecule has 2 unspecified atom stereocenters. The van der Waals surface area contributed by atoms with Crippen LogP contribution in [-0.4, -0.2) is 122 Å². The van der Waals surface area contributed by atoms with Gasteiger partial charge in [0, 0.05) is 74.5 Å². The molecule has 0 amide bonds. The van der Waals surface area contributed by atoms with Crippen molar-refractivity contribution in [2.24, 2.45) is 0 Å². The highest BCUT2D eigenvalue weighted by atomic mass is 28.4. The smallest absolute Gasteiger partial charge is 0.391 e. The fourth-order valence-electron chi connectivity index (χ4n) is 3.37. The molecule has 0 rings (SSSR count). The van der Waals surface area contributed by atoms with E-state index in [-0.39, 0.29) is 6.61 Å². The van der Waals surface area contributed by atoms with Crippen molar-refractivity contribution in [3.8, 4) is 0 Å². The van der Waals surface area contributed by atoms with E-state index in [1.165, 1.54) is 0 Å². The quantitative estimate of drug-likeness (QED) is 0.115. The monoisotopic (exact) mass is 531 g/mol. The highest BCUT2D eigenvalue weighted by molar-refractivity contribution is 6.60. The predicted molar refractivity (Wildman–Crippen MR) is 133 cm³/mol. The van der Waals surface area contributed by atoms with Gasteiger partial charge in [-0.25, -0.2) is 0 Å². The van der Waals surface area contributed by atoms with Gasteiger partial charge in [-0.3, -0.25) is 0 Å². The summed E-state index contributed by atoms with van der Waals surface area (Å²) in [6, 6.07) is 1.34. The lowest BCUT2D eigenvalue weighted by Crippen LogP contribution is -2.42. The number of aliphatic hydroxyl groups excluding tert-OH is 2. The number of unbranched alkanes of at least 4 members (excludes halogenated alkanes) is 1. The molecule has 0 aliphatic rings. The Hall–Kier alpha value is -0.00623. The van der Waals surface area contributed by atoms with Gasteiger partial charge in [-0.05, 0) is 38.6 Å². The Bertz CT molecular complexity index is 403.